The van der Waals surface area contributed by atoms with Gasteiger partial charge in [-0.3, -0.25) is 0 Å². The first-order chi connectivity index (χ1) is 8.78. The van der Waals surface area contributed by atoms with E-state index in [0.29, 0.717) is 5.56 Å². The summed E-state index contributed by atoms with van der Waals surface area (Å²) in [6.45, 7) is 0.918. The van der Waals surface area contributed by atoms with Gasteiger partial charge in [-0.1, -0.05) is 31.4 Å². The highest BCUT2D eigenvalue weighted by molar-refractivity contribution is 5.32. The molecule has 0 saturated heterocycles. The van der Waals surface area contributed by atoms with Crippen LogP contribution in [-0.2, 0) is 6.54 Å². The van der Waals surface area contributed by atoms with Gasteiger partial charge in [0.15, 0.2) is 0 Å². The van der Waals surface area contributed by atoms with Gasteiger partial charge in [-0.25, -0.2) is 0 Å². The van der Waals surface area contributed by atoms with Crippen molar-refractivity contribution in [3.63, 3.8) is 0 Å². The summed E-state index contributed by atoms with van der Waals surface area (Å²) < 4.78 is 0. The Morgan fingerprint density at radius 3 is 2.72 bits per heavy atom. The van der Waals surface area contributed by atoms with Gasteiger partial charge in [0.1, 0.15) is 0 Å². The summed E-state index contributed by atoms with van der Waals surface area (Å²) >= 11 is 0. The maximum atomic E-state index is 9.61. The number of nitriles is 1. The van der Waals surface area contributed by atoms with Crippen molar-refractivity contribution in [1.29, 1.82) is 5.26 Å². The van der Waals surface area contributed by atoms with Crippen LogP contribution in [0.2, 0.25) is 0 Å². The molecule has 2 N–H and O–H groups in total. The Hall–Kier alpha value is -1.37. The fraction of sp³-hybridized carbons (Fsp3) is 0.533. The molecule has 1 fully saturated rings. The summed E-state index contributed by atoms with van der Waals surface area (Å²) in [5.41, 5.74) is 1.68. The van der Waals surface area contributed by atoms with Crippen LogP contribution >= 0.6 is 0 Å². The van der Waals surface area contributed by atoms with Gasteiger partial charge >= 0.3 is 0 Å². The van der Waals surface area contributed by atoms with Crippen LogP contribution in [0.15, 0.2) is 24.3 Å². The molecular weight excluding hydrogens is 224 g/mol. The summed E-state index contributed by atoms with van der Waals surface area (Å²) in [4.78, 5) is 0. The van der Waals surface area contributed by atoms with Crippen molar-refractivity contribution in [2.45, 2.75) is 44.2 Å². The van der Waals surface area contributed by atoms with Crippen LogP contribution in [0.5, 0.6) is 0 Å². The van der Waals surface area contributed by atoms with Gasteiger partial charge in [-0.2, -0.15) is 5.26 Å². The highest BCUT2D eigenvalue weighted by Gasteiger charge is 2.30. The largest absolute Gasteiger partial charge is 0.394 e. The molecule has 18 heavy (non-hydrogen) atoms. The molecule has 0 bridgehead atoms. The van der Waals surface area contributed by atoms with E-state index < -0.39 is 0 Å². The number of aliphatic hydroxyl groups is 1. The van der Waals surface area contributed by atoms with E-state index in [2.05, 4.69) is 11.4 Å². The lowest BCUT2D eigenvalue weighted by molar-refractivity contribution is 0.119. The van der Waals surface area contributed by atoms with Crippen LogP contribution in [0.1, 0.15) is 43.2 Å². The van der Waals surface area contributed by atoms with E-state index in [4.69, 9.17) is 5.26 Å². The molecule has 0 unspecified atom stereocenters. The molecule has 3 nitrogen and oxygen atoms in total. The van der Waals surface area contributed by atoms with E-state index in [1.165, 1.54) is 19.3 Å². The molecule has 1 aromatic carbocycles. The molecule has 1 aromatic rings. The number of nitrogens with zero attached hydrogens (tertiary/aromatic N) is 1. The first-order valence-corrected chi connectivity index (χ1v) is 6.63. The SMILES string of the molecule is N#Cc1cccc(CNC2(CO)CCCCC2)c1. The Labute approximate surface area is 108 Å². The monoisotopic (exact) mass is 244 g/mol. The summed E-state index contributed by atoms with van der Waals surface area (Å²) in [6.07, 6.45) is 5.73. The van der Waals surface area contributed by atoms with Gasteiger partial charge in [-0.05, 0) is 30.5 Å². The van der Waals surface area contributed by atoms with Crippen molar-refractivity contribution in [2.24, 2.45) is 0 Å². The minimum Gasteiger partial charge on any atom is -0.394 e. The predicted molar refractivity (Wildman–Crippen MR) is 70.9 cm³/mol. The van der Waals surface area contributed by atoms with Crippen molar-refractivity contribution in [3.8, 4) is 6.07 Å². The summed E-state index contributed by atoms with van der Waals surface area (Å²) in [7, 11) is 0. The van der Waals surface area contributed by atoms with Crippen LogP contribution < -0.4 is 5.32 Å². The highest BCUT2D eigenvalue weighted by Crippen LogP contribution is 2.28. The molecule has 3 heteroatoms. The lowest BCUT2D eigenvalue weighted by Crippen LogP contribution is -2.49. The first kappa shape index (κ1) is 13.1. The average molecular weight is 244 g/mol. The Bertz CT molecular complexity index is 430. The van der Waals surface area contributed by atoms with E-state index in [9.17, 15) is 5.11 Å². The van der Waals surface area contributed by atoms with Crippen LogP contribution in [0.25, 0.3) is 0 Å². The summed E-state index contributed by atoms with van der Waals surface area (Å²) in [5.74, 6) is 0. The fourth-order valence-corrected chi connectivity index (χ4v) is 2.66. The standard InChI is InChI=1S/C15H20N2O/c16-10-13-5-4-6-14(9-13)11-17-15(12-18)7-2-1-3-8-15/h4-6,9,17-18H,1-3,7-8,11-12H2. The third-order valence-corrected chi connectivity index (χ3v) is 3.84. The van der Waals surface area contributed by atoms with Gasteiger partial charge in [0, 0.05) is 12.1 Å². The Morgan fingerprint density at radius 2 is 2.06 bits per heavy atom. The number of hydrogen-bond donors (Lipinski definition) is 2. The third kappa shape index (κ3) is 3.10. The van der Waals surface area contributed by atoms with Crippen LogP contribution in [0, 0.1) is 11.3 Å². The number of nitrogens with one attached hydrogen (secondary N) is 1. The average Bonchev–Trinajstić information content (AvgIpc) is 2.46. The molecule has 1 aliphatic carbocycles. The molecule has 0 atom stereocenters. The van der Waals surface area contributed by atoms with Gasteiger partial charge in [0.2, 0.25) is 0 Å². The zero-order valence-corrected chi connectivity index (χ0v) is 10.7. The minimum absolute atomic E-state index is 0.110. The van der Waals surface area contributed by atoms with E-state index >= 15 is 0 Å². The molecule has 0 heterocycles. The van der Waals surface area contributed by atoms with E-state index in [1.807, 2.05) is 24.3 Å². The predicted octanol–water partition coefficient (Wildman–Crippen LogP) is 2.34. The second kappa shape index (κ2) is 5.99. The second-order valence-electron chi connectivity index (χ2n) is 5.16. The van der Waals surface area contributed by atoms with Crippen LogP contribution in [0.3, 0.4) is 0 Å². The Balaban J connectivity index is 1.99. The number of rotatable bonds is 4. The summed E-state index contributed by atoms with van der Waals surface area (Å²) in [6, 6.07) is 9.79. The van der Waals surface area contributed by atoms with Gasteiger partial charge in [0.25, 0.3) is 0 Å². The smallest absolute Gasteiger partial charge is 0.0991 e. The highest BCUT2D eigenvalue weighted by atomic mass is 16.3. The van der Waals surface area contributed by atoms with Crippen LogP contribution in [-0.4, -0.2) is 17.3 Å². The van der Waals surface area contributed by atoms with E-state index in [1.54, 1.807) is 0 Å². The lowest BCUT2D eigenvalue weighted by Gasteiger charge is -2.36. The van der Waals surface area contributed by atoms with E-state index in [-0.39, 0.29) is 12.1 Å². The Morgan fingerprint density at radius 1 is 1.28 bits per heavy atom. The molecule has 0 spiro atoms. The number of hydrogen-bond acceptors (Lipinski definition) is 3. The zero-order chi connectivity index (χ0) is 12.8. The molecule has 1 saturated carbocycles. The molecule has 0 aromatic heterocycles. The van der Waals surface area contributed by atoms with Crippen molar-refractivity contribution in [1.82, 2.24) is 5.32 Å². The second-order valence-corrected chi connectivity index (χ2v) is 5.16. The maximum Gasteiger partial charge on any atom is 0.0991 e. The van der Waals surface area contributed by atoms with Crippen molar-refractivity contribution in [2.75, 3.05) is 6.61 Å². The summed E-state index contributed by atoms with van der Waals surface area (Å²) in [5, 5.41) is 22.0. The molecule has 0 radical (unpaired) electrons. The number of aliphatic hydroxyl groups excluding tert-OH is 1. The first-order valence-electron chi connectivity index (χ1n) is 6.63. The maximum absolute atomic E-state index is 9.61. The molecule has 96 valence electrons. The van der Waals surface area contributed by atoms with Gasteiger partial charge in [0.05, 0.1) is 18.2 Å². The van der Waals surface area contributed by atoms with Gasteiger partial charge < -0.3 is 10.4 Å². The third-order valence-electron chi connectivity index (χ3n) is 3.84. The molecule has 0 aliphatic heterocycles. The normalized spacial score (nSPS) is 18.2. The van der Waals surface area contributed by atoms with Gasteiger partial charge in [-0.15, -0.1) is 0 Å². The van der Waals surface area contributed by atoms with Crippen LogP contribution in [0.4, 0.5) is 0 Å². The molecule has 1 aliphatic rings. The zero-order valence-electron chi connectivity index (χ0n) is 10.7. The van der Waals surface area contributed by atoms with Crippen molar-refractivity contribution >= 4 is 0 Å². The number of benzene rings is 1. The van der Waals surface area contributed by atoms with E-state index in [0.717, 1.165) is 24.9 Å². The van der Waals surface area contributed by atoms with Crippen molar-refractivity contribution in [3.05, 3.63) is 35.4 Å². The quantitative estimate of drug-likeness (QED) is 0.854. The Kier molecular flexibility index (Phi) is 4.35. The topological polar surface area (TPSA) is 56.0 Å². The molecule has 0 amide bonds. The minimum atomic E-state index is -0.110. The molecular formula is C15H20N2O. The molecule has 2 rings (SSSR count). The fourth-order valence-electron chi connectivity index (χ4n) is 2.66. The van der Waals surface area contributed by atoms with Crippen molar-refractivity contribution < 1.29 is 5.11 Å². The lowest BCUT2D eigenvalue weighted by atomic mass is 9.82.